The van der Waals surface area contributed by atoms with Gasteiger partial charge >= 0.3 is 0 Å². The summed E-state index contributed by atoms with van der Waals surface area (Å²) in [6.45, 7) is 1.86. The van der Waals surface area contributed by atoms with E-state index in [2.05, 4.69) is 5.32 Å². The zero-order valence-corrected chi connectivity index (χ0v) is 9.97. The molecule has 0 aliphatic carbocycles. The molecule has 86 valence electrons. The van der Waals surface area contributed by atoms with Gasteiger partial charge in [0.2, 0.25) is 0 Å². The predicted octanol–water partition coefficient (Wildman–Crippen LogP) is 1.88. The highest BCUT2D eigenvalue weighted by Crippen LogP contribution is 2.14. The third-order valence-electron chi connectivity index (χ3n) is 1.92. The Labute approximate surface area is 96.7 Å². The van der Waals surface area contributed by atoms with Crippen LogP contribution in [0.2, 0.25) is 0 Å². The van der Waals surface area contributed by atoms with Crippen molar-refractivity contribution in [3.8, 4) is 6.07 Å². The van der Waals surface area contributed by atoms with Crippen molar-refractivity contribution in [1.29, 1.82) is 5.26 Å². The first-order valence-electron chi connectivity index (χ1n) is 4.78. The number of hydrogen-bond donors (Lipinski definition) is 1. The first-order chi connectivity index (χ1) is 7.51. The second kappa shape index (κ2) is 5.61. The summed E-state index contributed by atoms with van der Waals surface area (Å²) in [5, 5.41) is 11.7. The van der Waals surface area contributed by atoms with Crippen LogP contribution >= 0.6 is 0 Å². The Morgan fingerprint density at radius 2 is 2.25 bits per heavy atom. The molecule has 1 N–H and O–H groups in total. The lowest BCUT2D eigenvalue weighted by Crippen LogP contribution is -2.22. The van der Waals surface area contributed by atoms with E-state index >= 15 is 0 Å². The van der Waals surface area contributed by atoms with Gasteiger partial charge in [0.15, 0.2) is 0 Å². The monoisotopic (exact) mass is 240 g/mol. The van der Waals surface area contributed by atoms with E-state index in [0.29, 0.717) is 11.4 Å². The van der Waals surface area contributed by atoms with Gasteiger partial charge in [-0.25, -0.2) is 4.39 Å². The largest absolute Gasteiger partial charge is 0.382 e. The molecule has 1 aromatic rings. The van der Waals surface area contributed by atoms with Gasteiger partial charge in [-0.05, 0) is 25.1 Å². The van der Waals surface area contributed by atoms with Crippen molar-refractivity contribution in [3.63, 3.8) is 0 Å². The molecule has 0 fully saturated rings. The van der Waals surface area contributed by atoms with Crippen LogP contribution in [-0.4, -0.2) is 22.3 Å². The van der Waals surface area contributed by atoms with Crippen molar-refractivity contribution in [2.45, 2.75) is 13.0 Å². The fourth-order valence-electron chi connectivity index (χ4n) is 1.42. The van der Waals surface area contributed by atoms with Crippen LogP contribution in [0.25, 0.3) is 0 Å². The third kappa shape index (κ3) is 3.99. The molecule has 2 unspecified atom stereocenters. The molecule has 5 heteroatoms. The second-order valence-corrected chi connectivity index (χ2v) is 5.11. The fourth-order valence-corrected chi connectivity index (χ4v) is 2.20. The Balaban J connectivity index is 2.77. The first-order valence-corrected chi connectivity index (χ1v) is 6.51. The van der Waals surface area contributed by atoms with E-state index in [1.54, 1.807) is 12.3 Å². The van der Waals surface area contributed by atoms with Crippen LogP contribution in [0.5, 0.6) is 0 Å². The standard InChI is InChI=1S/C11H13FN2OS/c1-8(7-16(2)15)14-11-4-9(6-13)3-10(12)5-11/h3-5,8,14H,7H2,1-2H3. The van der Waals surface area contributed by atoms with E-state index in [1.165, 1.54) is 12.1 Å². The van der Waals surface area contributed by atoms with Crippen molar-refractivity contribution in [2.75, 3.05) is 17.3 Å². The zero-order valence-electron chi connectivity index (χ0n) is 9.16. The molecule has 0 aromatic heterocycles. The maximum atomic E-state index is 13.1. The van der Waals surface area contributed by atoms with Gasteiger partial charge in [-0.15, -0.1) is 0 Å². The maximum absolute atomic E-state index is 13.1. The van der Waals surface area contributed by atoms with Gasteiger partial charge in [0.1, 0.15) is 5.82 Å². The van der Waals surface area contributed by atoms with E-state index in [-0.39, 0.29) is 11.6 Å². The summed E-state index contributed by atoms with van der Waals surface area (Å²) in [6, 6.07) is 5.91. The van der Waals surface area contributed by atoms with Crippen LogP contribution in [0.3, 0.4) is 0 Å². The van der Waals surface area contributed by atoms with Crippen LogP contribution in [-0.2, 0) is 10.8 Å². The molecule has 0 aliphatic heterocycles. The molecular weight excluding hydrogens is 227 g/mol. The molecule has 0 saturated carbocycles. The molecule has 0 radical (unpaired) electrons. The summed E-state index contributed by atoms with van der Waals surface area (Å²) in [4.78, 5) is 0. The summed E-state index contributed by atoms with van der Waals surface area (Å²) in [6.07, 6.45) is 1.62. The van der Waals surface area contributed by atoms with E-state index in [9.17, 15) is 8.60 Å². The number of hydrogen-bond acceptors (Lipinski definition) is 3. The average Bonchev–Trinajstić information content (AvgIpc) is 2.14. The molecule has 0 amide bonds. The van der Waals surface area contributed by atoms with Gasteiger partial charge in [-0.2, -0.15) is 5.26 Å². The molecule has 3 nitrogen and oxygen atoms in total. The number of nitrogens with zero attached hydrogens (tertiary/aromatic N) is 1. The number of nitrogens with one attached hydrogen (secondary N) is 1. The summed E-state index contributed by atoms with van der Waals surface area (Å²) in [5.74, 6) is 0.0321. The van der Waals surface area contributed by atoms with E-state index < -0.39 is 16.6 Å². The molecule has 16 heavy (non-hydrogen) atoms. The number of nitriles is 1. The quantitative estimate of drug-likeness (QED) is 0.874. The highest BCUT2D eigenvalue weighted by Gasteiger charge is 2.06. The van der Waals surface area contributed by atoms with Gasteiger partial charge in [0.25, 0.3) is 0 Å². The molecular formula is C11H13FN2OS. The Kier molecular flexibility index (Phi) is 4.44. The van der Waals surface area contributed by atoms with Crippen molar-refractivity contribution < 1.29 is 8.60 Å². The van der Waals surface area contributed by atoms with E-state index in [0.717, 1.165) is 0 Å². The van der Waals surface area contributed by atoms with E-state index in [4.69, 9.17) is 5.26 Å². The molecule has 0 bridgehead atoms. The van der Waals surface area contributed by atoms with Gasteiger partial charge in [-0.3, -0.25) is 4.21 Å². The Morgan fingerprint density at radius 3 is 2.81 bits per heavy atom. The summed E-state index contributed by atoms with van der Waals surface area (Å²) >= 11 is 0. The minimum absolute atomic E-state index is 0.0285. The van der Waals surface area contributed by atoms with Crippen molar-refractivity contribution in [2.24, 2.45) is 0 Å². The molecule has 0 spiro atoms. The van der Waals surface area contributed by atoms with Crippen molar-refractivity contribution in [1.82, 2.24) is 0 Å². The van der Waals surface area contributed by atoms with E-state index in [1.807, 2.05) is 13.0 Å². The predicted molar refractivity (Wildman–Crippen MR) is 63.1 cm³/mol. The number of halogens is 1. The minimum atomic E-state index is -0.903. The number of rotatable bonds is 4. The molecule has 0 aliphatic rings. The molecule has 1 aromatic carbocycles. The average molecular weight is 240 g/mol. The number of anilines is 1. The highest BCUT2D eigenvalue weighted by atomic mass is 32.2. The molecule has 2 atom stereocenters. The Hall–Kier alpha value is -1.41. The third-order valence-corrected chi connectivity index (χ3v) is 2.89. The van der Waals surface area contributed by atoms with Crippen molar-refractivity contribution in [3.05, 3.63) is 29.6 Å². The Bertz CT molecular complexity index is 442. The van der Waals surface area contributed by atoms with Crippen LogP contribution in [0.15, 0.2) is 18.2 Å². The smallest absolute Gasteiger partial charge is 0.126 e. The maximum Gasteiger partial charge on any atom is 0.126 e. The second-order valence-electron chi connectivity index (χ2n) is 3.63. The lowest BCUT2D eigenvalue weighted by molar-refractivity contribution is 0.627. The summed E-state index contributed by atoms with van der Waals surface area (Å²) < 4.78 is 24.1. The van der Waals surface area contributed by atoms with Gasteiger partial charge in [-0.1, -0.05) is 0 Å². The Morgan fingerprint density at radius 1 is 1.56 bits per heavy atom. The molecule has 1 rings (SSSR count). The molecule has 0 saturated heterocycles. The van der Waals surface area contributed by atoms with Crippen LogP contribution in [0, 0.1) is 17.1 Å². The minimum Gasteiger partial charge on any atom is -0.382 e. The first kappa shape index (κ1) is 12.7. The van der Waals surface area contributed by atoms with Crippen molar-refractivity contribution >= 4 is 16.5 Å². The van der Waals surface area contributed by atoms with Gasteiger partial charge in [0, 0.05) is 34.5 Å². The highest BCUT2D eigenvalue weighted by molar-refractivity contribution is 7.84. The van der Waals surface area contributed by atoms with Crippen LogP contribution < -0.4 is 5.32 Å². The lowest BCUT2D eigenvalue weighted by Gasteiger charge is -2.14. The topological polar surface area (TPSA) is 52.9 Å². The van der Waals surface area contributed by atoms with Gasteiger partial charge < -0.3 is 5.32 Å². The van der Waals surface area contributed by atoms with Crippen LogP contribution in [0.1, 0.15) is 12.5 Å². The molecule has 0 heterocycles. The van der Waals surface area contributed by atoms with Gasteiger partial charge in [0.05, 0.1) is 11.6 Å². The summed E-state index contributed by atoms with van der Waals surface area (Å²) in [7, 11) is -0.903. The lowest BCUT2D eigenvalue weighted by atomic mass is 10.2. The SMILES string of the molecule is CC(CS(C)=O)Nc1cc(F)cc(C#N)c1. The zero-order chi connectivity index (χ0) is 12.1. The fraction of sp³-hybridized carbons (Fsp3) is 0.364. The summed E-state index contributed by atoms with van der Waals surface area (Å²) in [5.41, 5.74) is 0.807. The number of benzene rings is 1. The normalized spacial score (nSPS) is 13.9. The van der Waals surface area contributed by atoms with Crippen LogP contribution in [0.4, 0.5) is 10.1 Å².